The summed E-state index contributed by atoms with van der Waals surface area (Å²) in [4.78, 5) is 4.28. The molecular weight excluding hydrogens is 154 g/mol. The van der Waals surface area contributed by atoms with Crippen LogP contribution in [0.4, 0.5) is 0 Å². The van der Waals surface area contributed by atoms with E-state index in [1.807, 2.05) is 19.1 Å². The Morgan fingerprint density at radius 1 is 1.33 bits per heavy atom. The molecule has 0 radical (unpaired) electrons. The normalized spacial score (nSPS) is 9.92. The molecule has 1 heterocycles. The fourth-order valence-corrected chi connectivity index (χ4v) is 1.02. The van der Waals surface area contributed by atoms with Crippen molar-refractivity contribution in [2.24, 2.45) is 0 Å². The average Bonchev–Trinajstić information content (AvgIpc) is 2.05. The summed E-state index contributed by atoms with van der Waals surface area (Å²) in [6.45, 7) is 2.43. The molecule has 1 aromatic heterocycles. The Labute approximate surface area is 72.3 Å². The maximum Gasteiger partial charge on any atom is 0.142 e. The average molecular weight is 167 g/mol. The van der Waals surface area contributed by atoms with E-state index in [4.69, 9.17) is 9.47 Å². The van der Waals surface area contributed by atoms with Gasteiger partial charge in [0.2, 0.25) is 0 Å². The SMILES string of the molecule is COCc1nc(C)ccc1OC. The molecule has 0 aliphatic carbocycles. The Kier molecular flexibility index (Phi) is 3.05. The maximum atomic E-state index is 5.11. The third-order valence-corrected chi connectivity index (χ3v) is 1.57. The zero-order valence-electron chi connectivity index (χ0n) is 7.63. The predicted molar refractivity (Wildman–Crippen MR) is 46.2 cm³/mol. The van der Waals surface area contributed by atoms with Crippen LogP contribution in [0.25, 0.3) is 0 Å². The van der Waals surface area contributed by atoms with Gasteiger partial charge in [0.1, 0.15) is 11.4 Å². The summed E-state index contributed by atoms with van der Waals surface area (Å²) in [7, 11) is 3.27. The van der Waals surface area contributed by atoms with Gasteiger partial charge in [-0.25, -0.2) is 0 Å². The van der Waals surface area contributed by atoms with Crippen LogP contribution in [0.3, 0.4) is 0 Å². The number of pyridine rings is 1. The van der Waals surface area contributed by atoms with E-state index in [0.717, 1.165) is 17.1 Å². The van der Waals surface area contributed by atoms with Crippen molar-refractivity contribution in [3.63, 3.8) is 0 Å². The summed E-state index contributed by atoms with van der Waals surface area (Å²) in [6, 6.07) is 3.81. The molecule has 0 atom stereocenters. The van der Waals surface area contributed by atoms with E-state index in [2.05, 4.69) is 4.98 Å². The second kappa shape index (κ2) is 4.07. The van der Waals surface area contributed by atoms with Gasteiger partial charge in [-0.1, -0.05) is 0 Å². The van der Waals surface area contributed by atoms with E-state index in [1.165, 1.54) is 0 Å². The molecule has 0 saturated carbocycles. The molecule has 1 aromatic rings. The summed E-state index contributed by atoms with van der Waals surface area (Å²) >= 11 is 0. The summed E-state index contributed by atoms with van der Waals surface area (Å²) < 4.78 is 10.1. The molecule has 0 bridgehead atoms. The maximum absolute atomic E-state index is 5.11. The van der Waals surface area contributed by atoms with Gasteiger partial charge < -0.3 is 9.47 Å². The number of hydrogen-bond donors (Lipinski definition) is 0. The number of methoxy groups -OCH3 is 2. The zero-order valence-corrected chi connectivity index (χ0v) is 7.63. The lowest BCUT2D eigenvalue weighted by Gasteiger charge is -2.06. The Morgan fingerprint density at radius 3 is 2.67 bits per heavy atom. The smallest absolute Gasteiger partial charge is 0.142 e. The number of hydrogen-bond acceptors (Lipinski definition) is 3. The predicted octanol–water partition coefficient (Wildman–Crippen LogP) is 1.55. The van der Waals surface area contributed by atoms with Crippen LogP contribution in [0.2, 0.25) is 0 Å². The van der Waals surface area contributed by atoms with E-state index in [1.54, 1.807) is 14.2 Å². The van der Waals surface area contributed by atoms with Gasteiger partial charge in [-0.05, 0) is 19.1 Å². The molecule has 0 unspecified atom stereocenters. The van der Waals surface area contributed by atoms with Crippen molar-refractivity contribution in [1.29, 1.82) is 0 Å². The summed E-state index contributed by atoms with van der Waals surface area (Å²) in [5.74, 6) is 0.780. The number of rotatable bonds is 3. The Hall–Kier alpha value is -1.09. The van der Waals surface area contributed by atoms with Crippen LogP contribution in [0.5, 0.6) is 5.75 Å². The molecule has 3 nitrogen and oxygen atoms in total. The Bertz CT molecular complexity index is 261. The van der Waals surface area contributed by atoms with Crippen molar-refractivity contribution in [1.82, 2.24) is 4.98 Å². The molecule has 0 amide bonds. The third kappa shape index (κ3) is 1.95. The monoisotopic (exact) mass is 167 g/mol. The van der Waals surface area contributed by atoms with Crippen LogP contribution in [0, 0.1) is 6.92 Å². The second-order valence-electron chi connectivity index (χ2n) is 2.53. The van der Waals surface area contributed by atoms with Crippen LogP contribution in [-0.2, 0) is 11.3 Å². The topological polar surface area (TPSA) is 31.4 Å². The van der Waals surface area contributed by atoms with Gasteiger partial charge in [0.15, 0.2) is 0 Å². The highest BCUT2D eigenvalue weighted by Crippen LogP contribution is 2.16. The number of nitrogens with zero attached hydrogens (tertiary/aromatic N) is 1. The second-order valence-corrected chi connectivity index (χ2v) is 2.53. The van der Waals surface area contributed by atoms with Gasteiger partial charge in [0.05, 0.1) is 13.7 Å². The quantitative estimate of drug-likeness (QED) is 0.684. The van der Waals surface area contributed by atoms with Crippen LogP contribution in [-0.4, -0.2) is 19.2 Å². The standard InChI is InChI=1S/C9H13NO2/c1-7-4-5-9(12-3)8(10-7)6-11-2/h4-5H,6H2,1-3H3. The van der Waals surface area contributed by atoms with Crippen LogP contribution in [0.15, 0.2) is 12.1 Å². The highest BCUT2D eigenvalue weighted by Gasteiger charge is 2.03. The largest absolute Gasteiger partial charge is 0.495 e. The van der Waals surface area contributed by atoms with Crippen molar-refractivity contribution in [2.45, 2.75) is 13.5 Å². The summed E-state index contributed by atoms with van der Waals surface area (Å²) in [5, 5.41) is 0. The zero-order chi connectivity index (χ0) is 8.97. The number of aromatic nitrogens is 1. The lowest BCUT2D eigenvalue weighted by Crippen LogP contribution is -1.98. The molecule has 0 spiro atoms. The molecule has 1 rings (SSSR count). The first-order chi connectivity index (χ1) is 5.77. The Balaban J connectivity index is 2.95. The first-order valence-electron chi connectivity index (χ1n) is 3.77. The minimum atomic E-state index is 0.491. The van der Waals surface area contributed by atoms with Crippen LogP contribution < -0.4 is 4.74 Å². The van der Waals surface area contributed by atoms with Gasteiger partial charge in [-0.2, -0.15) is 0 Å². The van der Waals surface area contributed by atoms with Gasteiger partial charge in [-0.15, -0.1) is 0 Å². The van der Waals surface area contributed by atoms with Crippen LogP contribution >= 0.6 is 0 Å². The molecule has 0 aromatic carbocycles. The molecule has 0 saturated heterocycles. The summed E-state index contributed by atoms with van der Waals surface area (Å²) in [6.07, 6.45) is 0. The van der Waals surface area contributed by atoms with E-state index in [9.17, 15) is 0 Å². The van der Waals surface area contributed by atoms with Crippen molar-refractivity contribution in [3.05, 3.63) is 23.5 Å². The van der Waals surface area contributed by atoms with E-state index < -0.39 is 0 Å². The first-order valence-corrected chi connectivity index (χ1v) is 3.77. The van der Waals surface area contributed by atoms with E-state index in [0.29, 0.717) is 6.61 Å². The van der Waals surface area contributed by atoms with Gasteiger partial charge in [0.25, 0.3) is 0 Å². The molecule has 0 N–H and O–H groups in total. The van der Waals surface area contributed by atoms with Crippen molar-refractivity contribution >= 4 is 0 Å². The van der Waals surface area contributed by atoms with Crippen molar-refractivity contribution < 1.29 is 9.47 Å². The number of aryl methyl sites for hydroxylation is 1. The lowest BCUT2D eigenvalue weighted by molar-refractivity contribution is 0.178. The molecule has 0 aliphatic rings. The Morgan fingerprint density at radius 2 is 2.08 bits per heavy atom. The van der Waals surface area contributed by atoms with Crippen LogP contribution in [0.1, 0.15) is 11.4 Å². The van der Waals surface area contributed by atoms with E-state index >= 15 is 0 Å². The molecular formula is C9H13NO2. The minimum Gasteiger partial charge on any atom is -0.495 e. The fraction of sp³-hybridized carbons (Fsp3) is 0.444. The molecule has 66 valence electrons. The molecule has 12 heavy (non-hydrogen) atoms. The number of ether oxygens (including phenoxy) is 2. The van der Waals surface area contributed by atoms with Gasteiger partial charge in [-0.3, -0.25) is 4.98 Å². The van der Waals surface area contributed by atoms with Crippen molar-refractivity contribution in [3.8, 4) is 5.75 Å². The third-order valence-electron chi connectivity index (χ3n) is 1.57. The van der Waals surface area contributed by atoms with E-state index in [-0.39, 0.29) is 0 Å². The molecule has 0 aliphatic heterocycles. The molecule has 0 fully saturated rings. The van der Waals surface area contributed by atoms with Gasteiger partial charge in [0, 0.05) is 12.8 Å². The lowest BCUT2D eigenvalue weighted by atomic mass is 10.3. The summed E-state index contributed by atoms with van der Waals surface area (Å²) in [5.41, 5.74) is 1.82. The van der Waals surface area contributed by atoms with Crippen molar-refractivity contribution in [2.75, 3.05) is 14.2 Å². The fourth-order valence-electron chi connectivity index (χ4n) is 1.02. The first kappa shape index (κ1) is 9.00. The van der Waals surface area contributed by atoms with Gasteiger partial charge >= 0.3 is 0 Å². The minimum absolute atomic E-state index is 0.491. The highest BCUT2D eigenvalue weighted by molar-refractivity contribution is 5.28. The highest BCUT2D eigenvalue weighted by atomic mass is 16.5. The molecule has 3 heteroatoms.